The second kappa shape index (κ2) is 12.6. The third-order valence-electron chi connectivity index (χ3n) is 9.52. The molecule has 5 nitrogen and oxygen atoms in total. The van der Waals surface area contributed by atoms with Crippen LogP contribution in [0.3, 0.4) is 0 Å². The molecule has 3 aliphatic carbocycles. The zero-order valence-corrected chi connectivity index (χ0v) is 23.8. The fourth-order valence-electron chi connectivity index (χ4n) is 7.21. The van der Waals surface area contributed by atoms with Crippen molar-refractivity contribution in [1.29, 1.82) is 0 Å². The first-order chi connectivity index (χ1) is 18.5. The van der Waals surface area contributed by atoms with Crippen LogP contribution in [0.25, 0.3) is 0 Å². The third-order valence-corrected chi connectivity index (χ3v) is 9.52. The molecule has 4 unspecified atom stereocenters. The summed E-state index contributed by atoms with van der Waals surface area (Å²) in [5, 5.41) is 0. The van der Waals surface area contributed by atoms with Crippen molar-refractivity contribution in [2.24, 2.45) is 17.3 Å². The number of hydrogen-bond donors (Lipinski definition) is 0. The van der Waals surface area contributed by atoms with E-state index in [1.54, 1.807) is 14.2 Å². The number of alkyl halides is 4. The molecule has 1 aromatic rings. The summed E-state index contributed by atoms with van der Waals surface area (Å²) >= 11 is 0. The number of benzene rings is 1. The molecule has 0 heterocycles. The number of rotatable bonds is 13. The largest absolute Gasteiger partial charge is 0.493 e. The Hall–Kier alpha value is -1.42. The highest BCUT2D eigenvalue weighted by Gasteiger charge is 2.55. The molecule has 0 saturated heterocycles. The minimum atomic E-state index is -5.04. The molecule has 0 radical (unpaired) electrons. The van der Waals surface area contributed by atoms with Gasteiger partial charge in [-0.2, -0.15) is 13.2 Å². The van der Waals surface area contributed by atoms with Gasteiger partial charge in [0, 0.05) is 40.2 Å². The summed E-state index contributed by atoms with van der Waals surface area (Å²) in [5.74, 6) is -0.779. The van der Waals surface area contributed by atoms with Crippen LogP contribution >= 0.6 is 0 Å². The third kappa shape index (κ3) is 6.91. The van der Waals surface area contributed by atoms with Crippen LogP contribution in [0.15, 0.2) is 18.2 Å². The van der Waals surface area contributed by atoms with Gasteiger partial charge in [-0.05, 0) is 92.0 Å². The zero-order valence-electron chi connectivity index (χ0n) is 23.8. The Bertz CT molecular complexity index is 942. The van der Waals surface area contributed by atoms with E-state index >= 15 is 0 Å². The molecule has 0 amide bonds. The summed E-state index contributed by atoms with van der Waals surface area (Å²) in [7, 11) is 3.49. The molecule has 2 saturated carbocycles. The molecule has 1 aromatic carbocycles. The molecule has 3 aliphatic rings. The van der Waals surface area contributed by atoms with Crippen LogP contribution in [0.4, 0.5) is 17.6 Å². The molecule has 4 rings (SSSR count). The van der Waals surface area contributed by atoms with Gasteiger partial charge in [0.1, 0.15) is 5.75 Å². The summed E-state index contributed by atoms with van der Waals surface area (Å²) in [6.07, 6.45) is 2.84. The van der Waals surface area contributed by atoms with Gasteiger partial charge < -0.3 is 23.8 Å². The van der Waals surface area contributed by atoms with Gasteiger partial charge in [-0.25, -0.2) is 4.39 Å². The van der Waals surface area contributed by atoms with Crippen molar-refractivity contribution < 1.29 is 36.5 Å². The number of aryl methyl sites for hydroxylation is 1. The van der Waals surface area contributed by atoms with E-state index in [1.165, 1.54) is 24.0 Å². The molecule has 2 fully saturated rings. The number of nitrogens with zero attached hydrogens (tertiary/aromatic N) is 1. The fraction of sp³-hybridized carbons (Fsp3) is 0.800. The van der Waals surface area contributed by atoms with Crippen LogP contribution in [-0.2, 0) is 20.6 Å². The monoisotopic (exact) mass is 559 g/mol. The van der Waals surface area contributed by atoms with Gasteiger partial charge in [-0.3, -0.25) is 0 Å². The second-order valence-electron chi connectivity index (χ2n) is 12.0. The predicted molar refractivity (Wildman–Crippen MR) is 142 cm³/mol. The maximum atomic E-state index is 13.6. The summed E-state index contributed by atoms with van der Waals surface area (Å²) in [5.41, 5.74) is 3.08. The summed E-state index contributed by atoms with van der Waals surface area (Å²) in [6, 6.07) is 6.66. The van der Waals surface area contributed by atoms with Crippen LogP contribution in [0.5, 0.6) is 5.75 Å². The van der Waals surface area contributed by atoms with E-state index in [2.05, 4.69) is 29.9 Å². The molecular formula is C30H45F4NO4. The average molecular weight is 560 g/mol. The number of halogens is 4. The Morgan fingerprint density at radius 1 is 1.00 bits per heavy atom. The lowest BCUT2D eigenvalue weighted by atomic mass is 9.55. The quantitative estimate of drug-likeness (QED) is 0.203. The minimum absolute atomic E-state index is 0.146. The van der Waals surface area contributed by atoms with Crippen molar-refractivity contribution >= 4 is 0 Å². The van der Waals surface area contributed by atoms with Crippen molar-refractivity contribution in [3.05, 3.63) is 29.3 Å². The van der Waals surface area contributed by atoms with Gasteiger partial charge in [0.2, 0.25) is 0 Å². The first-order valence-corrected chi connectivity index (χ1v) is 14.4. The molecule has 222 valence electrons. The Kier molecular flexibility index (Phi) is 9.88. The van der Waals surface area contributed by atoms with Crippen molar-refractivity contribution in [2.45, 2.75) is 82.8 Å². The van der Waals surface area contributed by atoms with Gasteiger partial charge >= 0.3 is 12.0 Å². The van der Waals surface area contributed by atoms with E-state index in [9.17, 15) is 17.6 Å². The Balaban J connectivity index is 1.26. The van der Waals surface area contributed by atoms with Crippen LogP contribution in [-0.4, -0.2) is 76.7 Å². The van der Waals surface area contributed by atoms with E-state index in [0.717, 1.165) is 37.9 Å². The SMILES string of the molecule is COCCCOc1ccc2c(c1)CCC1C2CC[C@@]2(C)C1CC[C@@H]2OCCN(C)CCOC(C)(F)C(F)(F)F. The highest BCUT2D eigenvalue weighted by atomic mass is 19.4. The van der Waals surface area contributed by atoms with Crippen LogP contribution in [0.1, 0.15) is 69.4 Å². The number of likely N-dealkylation sites (N-methyl/N-ethyl adjacent to an activating group) is 1. The fourth-order valence-corrected chi connectivity index (χ4v) is 7.21. The molecule has 39 heavy (non-hydrogen) atoms. The highest BCUT2D eigenvalue weighted by Crippen LogP contribution is 2.61. The van der Waals surface area contributed by atoms with Crippen LogP contribution < -0.4 is 4.74 Å². The second-order valence-corrected chi connectivity index (χ2v) is 12.0. The normalized spacial score (nSPS) is 30.0. The molecule has 0 bridgehead atoms. The van der Waals surface area contributed by atoms with Gasteiger partial charge in [0.25, 0.3) is 0 Å². The van der Waals surface area contributed by atoms with E-state index in [-0.39, 0.29) is 24.7 Å². The first kappa shape index (κ1) is 30.5. The summed E-state index contributed by atoms with van der Waals surface area (Å²) < 4.78 is 73.4. The molecule has 0 N–H and O–H groups in total. The Morgan fingerprint density at radius 3 is 2.51 bits per heavy atom. The summed E-state index contributed by atoms with van der Waals surface area (Å²) in [4.78, 5) is 1.83. The highest BCUT2D eigenvalue weighted by molar-refractivity contribution is 5.40. The minimum Gasteiger partial charge on any atom is -0.493 e. The molecule has 0 spiro atoms. The number of ether oxygens (including phenoxy) is 4. The lowest BCUT2D eigenvalue weighted by molar-refractivity contribution is -0.324. The van der Waals surface area contributed by atoms with Gasteiger partial charge in [-0.1, -0.05) is 13.0 Å². The van der Waals surface area contributed by atoms with Crippen molar-refractivity contribution in [3.8, 4) is 5.75 Å². The van der Waals surface area contributed by atoms with Gasteiger partial charge in [0.15, 0.2) is 0 Å². The number of hydrogen-bond acceptors (Lipinski definition) is 5. The Labute approximate surface area is 230 Å². The molecule has 9 heteroatoms. The van der Waals surface area contributed by atoms with E-state index < -0.39 is 12.0 Å². The number of fused-ring (bicyclic) bond motifs is 5. The smallest absolute Gasteiger partial charge is 0.448 e. The molecule has 0 aliphatic heterocycles. The maximum absolute atomic E-state index is 13.6. The molecule has 0 aromatic heterocycles. The average Bonchev–Trinajstić information content (AvgIpc) is 3.22. The zero-order chi connectivity index (χ0) is 28.3. The van der Waals surface area contributed by atoms with Gasteiger partial charge in [-0.15, -0.1) is 0 Å². The predicted octanol–water partition coefficient (Wildman–Crippen LogP) is 6.54. The first-order valence-electron chi connectivity index (χ1n) is 14.4. The van der Waals surface area contributed by atoms with E-state index in [1.807, 2.05) is 4.90 Å². The van der Waals surface area contributed by atoms with Crippen LogP contribution in [0, 0.1) is 17.3 Å². The van der Waals surface area contributed by atoms with E-state index in [4.69, 9.17) is 14.2 Å². The van der Waals surface area contributed by atoms with E-state index in [0.29, 0.717) is 51.0 Å². The van der Waals surface area contributed by atoms with Gasteiger partial charge in [0.05, 0.1) is 25.9 Å². The van der Waals surface area contributed by atoms with Crippen LogP contribution in [0.2, 0.25) is 0 Å². The van der Waals surface area contributed by atoms with Crippen molar-refractivity contribution in [2.75, 3.05) is 53.7 Å². The Morgan fingerprint density at radius 2 is 1.77 bits per heavy atom. The topological polar surface area (TPSA) is 40.2 Å². The maximum Gasteiger partial charge on any atom is 0.448 e. The number of methoxy groups -OCH3 is 1. The molecule has 6 atom stereocenters. The van der Waals surface area contributed by atoms with Crippen molar-refractivity contribution in [1.82, 2.24) is 4.90 Å². The molecular weight excluding hydrogens is 514 g/mol. The lowest BCUT2D eigenvalue weighted by Gasteiger charge is -2.50. The standard InChI is InChI=1S/C30H45F4NO4/c1-28-13-12-24-23-9-7-22(37-17-5-16-36-4)20-21(23)6-8-25(24)26(28)10-11-27(28)38-18-14-35(3)15-19-39-29(2,31)30(32,33)34/h7,9,20,24-27H,5-6,8,10-19H2,1-4H3/t24?,25?,26?,27-,28-,29?/m0/s1. The van der Waals surface area contributed by atoms with Crippen molar-refractivity contribution in [3.63, 3.8) is 0 Å². The summed E-state index contributed by atoms with van der Waals surface area (Å²) in [6.45, 7) is 5.10. The lowest BCUT2D eigenvalue weighted by Crippen LogP contribution is -2.45.